The van der Waals surface area contributed by atoms with Crippen molar-refractivity contribution in [1.29, 1.82) is 0 Å². The molecule has 1 amide bonds. The Kier molecular flexibility index (Phi) is 4.29. The summed E-state index contributed by atoms with van der Waals surface area (Å²) in [7, 11) is 0. The number of rotatable bonds is 2. The normalized spacial score (nSPS) is 13.6. The van der Waals surface area contributed by atoms with Crippen LogP contribution in [0.3, 0.4) is 0 Å². The number of amides is 1. The Morgan fingerprint density at radius 1 is 1.04 bits per heavy atom. The molecule has 0 fully saturated rings. The summed E-state index contributed by atoms with van der Waals surface area (Å²) >= 11 is 1.54. The molecule has 0 N–H and O–H groups in total. The standard InChI is InChI=1S/C23H18N2O2S/c26-23(21-14-17-8-4-5-9-20(17)28-21)25-12-13-27-22-19(15-25)18(10-11-24-22)16-6-2-1-3-7-16/h1-11,14H,12-13,15H2. The maximum atomic E-state index is 13.2. The Bertz CT molecular complexity index is 1120. The number of carbonyl (C=O) groups is 1. The van der Waals surface area contributed by atoms with E-state index in [1.54, 1.807) is 17.5 Å². The van der Waals surface area contributed by atoms with Crippen LogP contribution in [0.1, 0.15) is 15.2 Å². The minimum atomic E-state index is 0.0421. The van der Waals surface area contributed by atoms with Crippen LogP contribution in [-0.4, -0.2) is 28.9 Å². The molecule has 4 aromatic rings. The molecule has 0 unspecified atom stereocenters. The smallest absolute Gasteiger partial charge is 0.264 e. The lowest BCUT2D eigenvalue weighted by Gasteiger charge is -2.20. The van der Waals surface area contributed by atoms with E-state index in [1.807, 2.05) is 53.4 Å². The third-order valence-corrected chi connectivity index (χ3v) is 6.08. The number of fused-ring (bicyclic) bond motifs is 2. The fourth-order valence-electron chi connectivity index (χ4n) is 3.58. The first-order valence-electron chi connectivity index (χ1n) is 9.23. The van der Waals surface area contributed by atoms with Gasteiger partial charge in [0, 0.05) is 16.5 Å². The third kappa shape index (κ3) is 3.04. The summed E-state index contributed by atoms with van der Waals surface area (Å²) in [5.41, 5.74) is 3.11. The topological polar surface area (TPSA) is 42.4 Å². The second-order valence-corrected chi connectivity index (χ2v) is 7.82. The van der Waals surface area contributed by atoms with E-state index in [9.17, 15) is 4.79 Å². The molecule has 28 heavy (non-hydrogen) atoms. The molecule has 5 heteroatoms. The monoisotopic (exact) mass is 386 g/mol. The molecular weight excluding hydrogens is 368 g/mol. The molecule has 2 aromatic heterocycles. The Morgan fingerprint density at radius 3 is 2.71 bits per heavy atom. The van der Waals surface area contributed by atoms with E-state index in [2.05, 4.69) is 23.2 Å². The van der Waals surface area contributed by atoms with Crippen LogP contribution in [0.2, 0.25) is 0 Å². The van der Waals surface area contributed by atoms with Crippen LogP contribution in [0.15, 0.2) is 72.9 Å². The highest BCUT2D eigenvalue weighted by Gasteiger charge is 2.25. The van der Waals surface area contributed by atoms with Gasteiger partial charge in [0.2, 0.25) is 5.88 Å². The molecule has 4 nitrogen and oxygen atoms in total. The van der Waals surface area contributed by atoms with Gasteiger partial charge in [-0.1, -0.05) is 48.5 Å². The molecular formula is C23H18N2O2S. The van der Waals surface area contributed by atoms with Gasteiger partial charge in [-0.25, -0.2) is 4.98 Å². The summed E-state index contributed by atoms with van der Waals surface area (Å²) in [5, 5.41) is 1.11. The van der Waals surface area contributed by atoms with Crippen LogP contribution in [-0.2, 0) is 6.54 Å². The number of aromatic nitrogens is 1. The van der Waals surface area contributed by atoms with Crippen molar-refractivity contribution in [3.63, 3.8) is 0 Å². The molecule has 0 aliphatic carbocycles. The number of pyridine rings is 1. The number of thiophene rings is 1. The predicted octanol–water partition coefficient (Wildman–Crippen LogP) is 5.00. The average Bonchev–Trinajstić information content (AvgIpc) is 3.06. The van der Waals surface area contributed by atoms with Crippen LogP contribution in [0.25, 0.3) is 21.2 Å². The highest BCUT2D eigenvalue weighted by molar-refractivity contribution is 7.20. The molecule has 138 valence electrons. The number of carbonyl (C=O) groups excluding carboxylic acids is 1. The van der Waals surface area contributed by atoms with Gasteiger partial charge in [-0.3, -0.25) is 4.79 Å². The van der Waals surface area contributed by atoms with Gasteiger partial charge >= 0.3 is 0 Å². The Balaban J connectivity index is 1.52. The van der Waals surface area contributed by atoms with Gasteiger partial charge in [-0.2, -0.15) is 0 Å². The summed E-state index contributed by atoms with van der Waals surface area (Å²) < 4.78 is 7.01. The summed E-state index contributed by atoms with van der Waals surface area (Å²) in [5.74, 6) is 0.661. The van der Waals surface area contributed by atoms with Crippen molar-refractivity contribution < 1.29 is 9.53 Å². The lowest BCUT2D eigenvalue weighted by molar-refractivity contribution is 0.0738. The minimum absolute atomic E-state index is 0.0421. The van der Waals surface area contributed by atoms with Crippen LogP contribution in [0, 0.1) is 0 Å². The first-order chi connectivity index (χ1) is 13.8. The summed E-state index contributed by atoms with van der Waals surface area (Å²) in [6, 6.07) is 22.2. The Labute approximate surface area is 167 Å². The molecule has 0 saturated carbocycles. The van der Waals surface area contributed by atoms with Gasteiger partial charge in [0.05, 0.1) is 18.0 Å². The van der Waals surface area contributed by atoms with Gasteiger partial charge in [0.25, 0.3) is 5.91 Å². The molecule has 5 rings (SSSR count). The van der Waals surface area contributed by atoms with Crippen molar-refractivity contribution in [2.45, 2.75) is 6.54 Å². The van der Waals surface area contributed by atoms with Crippen LogP contribution < -0.4 is 4.74 Å². The predicted molar refractivity (Wildman–Crippen MR) is 112 cm³/mol. The quantitative estimate of drug-likeness (QED) is 0.487. The lowest BCUT2D eigenvalue weighted by atomic mass is 10.0. The van der Waals surface area contributed by atoms with E-state index in [0.717, 1.165) is 31.7 Å². The molecule has 3 heterocycles. The average molecular weight is 386 g/mol. The van der Waals surface area contributed by atoms with E-state index in [0.29, 0.717) is 25.6 Å². The highest BCUT2D eigenvalue weighted by Crippen LogP contribution is 2.33. The van der Waals surface area contributed by atoms with Crippen molar-refractivity contribution in [3.8, 4) is 17.0 Å². The van der Waals surface area contributed by atoms with Gasteiger partial charge in [0.1, 0.15) is 6.61 Å². The number of hydrogen-bond acceptors (Lipinski definition) is 4. The third-order valence-electron chi connectivity index (χ3n) is 4.97. The SMILES string of the molecule is O=C(c1cc2ccccc2s1)N1CCOc2nccc(-c3ccccc3)c2C1. The van der Waals surface area contributed by atoms with Gasteiger partial charge < -0.3 is 9.64 Å². The minimum Gasteiger partial charge on any atom is -0.476 e. The molecule has 0 spiro atoms. The zero-order valence-corrected chi connectivity index (χ0v) is 16.0. The van der Waals surface area contributed by atoms with Gasteiger partial charge in [-0.05, 0) is 34.7 Å². The zero-order chi connectivity index (χ0) is 18.9. The number of hydrogen-bond donors (Lipinski definition) is 0. The largest absolute Gasteiger partial charge is 0.476 e. The number of nitrogens with zero attached hydrogens (tertiary/aromatic N) is 2. The first-order valence-corrected chi connectivity index (χ1v) is 10.1. The van der Waals surface area contributed by atoms with E-state index in [-0.39, 0.29) is 5.91 Å². The van der Waals surface area contributed by atoms with E-state index >= 15 is 0 Å². The lowest BCUT2D eigenvalue weighted by Crippen LogP contribution is -2.32. The molecule has 0 bridgehead atoms. The Morgan fingerprint density at radius 2 is 1.86 bits per heavy atom. The van der Waals surface area contributed by atoms with Crippen LogP contribution in [0.5, 0.6) is 5.88 Å². The fraction of sp³-hybridized carbons (Fsp3) is 0.130. The Hall–Kier alpha value is -3.18. The number of benzene rings is 2. The van der Waals surface area contributed by atoms with E-state index in [1.165, 1.54) is 0 Å². The fourth-order valence-corrected chi connectivity index (χ4v) is 4.61. The summed E-state index contributed by atoms with van der Waals surface area (Å²) in [4.78, 5) is 20.3. The second kappa shape index (κ2) is 7.09. The van der Waals surface area contributed by atoms with Crippen molar-refractivity contribution in [1.82, 2.24) is 9.88 Å². The number of ether oxygens (including phenoxy) is 1. The summed E-state index contributed by atoms with van der Waals surface area (Å²) in [6.45, 7) is 1.47. The molecule has 1 aliphatic rings. The second-order valence-electron chi connectivity index (χ2n) is 6.73. The molecule has 1 aliphatic heterocycles. The molecule has 0 radical (unpaired) electrons. The first kappa shape index (κ1) is 17.0. The molecule has 2 aromatic carbocycles. The van der Waals surface area contributed by atoms with Crippen molar-refractivity contribution >= 4 is 27.3 Å². The van der Waals surface area contributed by atoms with Gasteiger partial charge in [-0.15, -0.1) is 11.3 Å². The van der Waals surface area contributed by atoms with E-state index in [4.69, 9.17) is 4.74 Å². The molecule has 0 saturated heterocycles. The maximum Gasteiger partial charge on any atom is 0.264 e. The van der Waals surface area contributed by atoms with Crippen molar-refractivity contribution in [2.24, 2.45) is 0 Å². The van der Waals surface area contributed by atoms with Crippen LogP contribution in [0.4, 0.5) is 0 Å². The summed E-state index contributed by atoms with van der Waals surface area (Å²) in [6.07, 6.45) is 1.77. The van der Waals surface area contributed by atoms with Crippen LogP contribution >= 0.6 is 11.3 Å². The van der Waals surface area contributed by atoms with Crippen molar-refractivity contribution in [2.75, 3.05) is 13.2 Å². The molecule has 0 atom stereocenters. The maximum absolute atomic E-state index is 13.2. The zero-order valence-electron chi connectivity index (χ0n) is 15.2. The van der Waals surface area contributed by atoms with Crippen molar-refractivity contribution in [3.05, 3.63) is 83.4 Å². The van der Waals surface area contributed by atoms with Gasteiger partial charge in [0.15, 0.2) is 0 Å². The van der Waals surface area contributed by atoms with E-state index < -0.39 is 0 Å². The highest BCUT2D eigenvalue weighted by atomic mass is 32.1.